The largest absolute Gasteiger partial charge is 0.394 e. The number of aromatic nitrogens is 2. The lowest BCUT2D eigenvalue weighted by Crippen LogP contribution is -2.11. The monoisotopic (exact) mass is 289 g/mol. The number of nitrogens with one attached hydrogen (secondary N) is 1. The highest BCUT2D eigenvalue weighted by atomic mass is 32.2. The van der Waals surface area contributed by atoms with Gasteiger partial charge in [0.2, 0.25) is 0 Å². The first-order chi connectivity index (χ1) is 8.88. The second-order valence-electron chi connectivity index (χ2n) is 3.88. The summed E-state index contributed by atoms with van der Waals surface area (Å²) >= 11 is 4.03. The Kier molecular flexibility index (Phi) is 6.19. The number of anilines is 1. The summed E-state index contributed by atoms with van der Waals surface area (Å²) in [5.74, 6) is 2.52. The minimum absolute atomic E-state index is 0.0721. The normalized spacial score (nSPS) is 16.3. The maximum absolute atomic E-state index is 8.58. The molecule has 0 atom stereocenters. The van der Waals surface area contributed by atoms with Crippen molar-refractivity contribution in [1.29, 1.82) is 0 Å². The van der Waals surface area contributed by atoms with E-state index in [4.69, 9.17) is 9.84 Å². The van der Waals surface area contributed by atoms with Crippen LogP contribution in [0.5, 0.6) is 0 Å². The summed E-state index contributed by atoms with van der Waals surface area (Å²) in [6.45, 7) is 2.75. The van der Waals surface area contributed by atoms with Crippen molar-refractivity contribution >= 4 is 29.2 Å². The van der Waals surface area contributed by atoms with Gasteiger partial charge >= 0.3 is 0 Å². The van der Waals surface area contributed by atoms with Crippen molar-refractivity contribution in [2.24, 2.45) is 0 Å². The molecule has 102 valence electrons. The third-order valence-corrected chi connectivity index (χ3v) is 5.53. The second-order valence-corrected chi connectivity index (χ2v) is 6.80. The van der Waals surface area contributed by atoms with Gasteiger partial charge in [0.25, 0.3) is 0 Å². The minimum atomic E-state index is 0.0721. The standard InChI is InChI=1S/C11H19N3O2S2/c15-2-4-16-3-1-14-9-10(7-13-14)12-8-11-17-5-6-18-11/h7,9,11-12,15H,1-6,8H2. The van der Waals surface area contributed by atoms with E-state index in [1.165, 1.54) is 11.5 Å². The minimum Gasteiger partial charge on any atom is -0.394 e. The third kappa shape index (κ3) is 4.72. The van der Waals surface area contributed by atoms with E-state index >= 15 is 0 Å². The fourth-order valence-electron chi connectivity index (χ4n) is 1.63. The highest BCUT2D eigenvalue weighted by molar-refractivity contribution is 8.20. The molecule has 1 aromatic heterocycles. The summed E-state index contributed by atoms with van der Waals surface area (Å²) in [7, 11) is 0. The van der Waals surface area contributed by atoms with Crippen LogP contribution in [0.1, 0.15) is 0 Å². The van der Waals surface area contributed by atoms with E-state index in [1.807, 2.05) is 40.6 Å². The molecule has 7 heteroatoms. The Labute approximate surface area is 116 Å². The number of aliphatic hydroxyl groups excluding tert-OH is 1. The molecule has 0 spiro atoms. The van der Waals surface area contributed by atoms with Crippen LogP contribution in [-0.2, 0) is 11.3 Å². The lowest BCUT2D eigenvalue weighted by Gasteiger charge is -2.08. The van der Waals surface area contributed by atoms with Crippen molar-refractivity contribution in [1.82, 2.24) is 9.78 Å². The van der Waals surface area contributed by atoms with Crippen LogP contribution in [0.3, 0.4) is 0 Å². The maximum Gasteiger partial charge on any atom is 0.0727 e. The van der Waals surface area contributed by atoms with Crippen molar-refractivity contribution in [2.45, 2.75) is 11.1 Å². The van der Waals surface area contributed by atoms with Crippen molar-refractivity contribution < 1.29 is 9.84 Å². The van der Waals surface area contributed by atoms with Crippen molar-refractivity contribution in [2.75, 3.05) is 43.2 Å². The van der Waals surface area contributed by atoms with Gasteiger partial charge in [-0.2, -0.15) is 5.10 Å². The van der Waals surface area contributed by atoms with Gasteiger partial charge in [0, 0.05) is 24.2 Å². The molecule has 0 radical (unpaired) electrons. The predicted molar refractivity (Wildman–Crippen MR) is 77.3 cm³/mol. The van der Waals surface area contributed by atoms with E-state index < -0.39 is 0 Å². The van der Waals surface area contributed by atoms with Gasteiger partial charge in [0.05, 0.1) is 42.8 Å². The molecule has 0 aromatic carbocycles. The fourth-order valence-corrected chi connectivity index (χ4v) is 4.29. The molecule has 5 nitrogen and oxygen atoms in total. The SMILES string of the molecule is OCCOCCn1cc(NCC2SCCS2)cn1. The number of aliphatic hydroxyl groups is 1. The second kappa shape index (κ2) is 7.93. The zero-order valence-electron chi connectivity index (χ0n) is 10.2. The molecule has 1 saturated heterocycles. The Morgan fingerprint density at radius 3 is 3.06 bits per heavy atom. The van der Waals surface area contributed by atoms with E-state index in [9.17, 15) is 0 Å². The van der Waals surface area contributed by atoms with E-state index in [-0.39, 0.29) is 6.61 Å². The van der Waals surface area contributed by atoms with Crippen LogP contribution in [-0.4, -0.2) is 57.3 Å². The van der Waals surface area contributed by atoms with Gasteiger partial charge in [-0.1, -0.05) is 0 Å². The topological polar surface area (TPSA) is 59.3 Å². The third-order valence-electron chi connectivity index (χ3n) is 2.50. The summed E-state index contributed by atoms with van der Waals surface area (Å²) in [6.07, 6.45) is 3.84. The van der Waals surface area contributed by atoms with E-state index in [0.717, 1.165) is 12.2 Å². The zero-order chi connectivity index (χ0) is 12.6. The quantitative estimate of drug-likeness (QED) is 0.699. The smallest absolute Gasteiger partial charge is 0.0727 e. The van der Waals surface area contributed by atoms with Crippen LogP contribution in [0.25, 0.3) is 0 Å². The number of rotatable bonds is 8. The molecule has 18 heavy (non-hydrogen) atoms. The molecule has 0 saturated carbocycles. The molecule has 0 aliphatic carbocycles. The molecule has 2 heterocycles. The predicted octanol–water partition coefficient (Wildman–Crippen LogP) is 1.11. The number of thioether (sulfide) groups is 2. The van der Waals surface area contributed by atoms with Gasteiger partial charge in [-0.25, -0.2) is 0 Å². The average Bonchev–Trinajstić information content (AvgIpc) is 3.03. The Balaban J connectivity index is 1.65. The first-order valence-corrected chi connectivity index (χ1v) is 8.16. The molecule has 0 unspecified atom stereocenters. The van der Waals surface area contributed by atoms with Crippen molar-refractivity contribution in [3.05, 3.63) is 12.4 Å². The Bertz CT molecular complexity index is 343. The molecule has 1 aliphatic rings. The van der Waals surface area contributed by atoms with Crippen LogP contribution >= 0.6 is 23.5 Å². The molecule has 1 aromatic rings. The molecule has 1 aliphatic heterocycles. The summed E-state index contributed by atoms with van der Waals surface area (Å²) in [5.41, 5.74) is 1.06. The lowest BCUT2D eigenvalue weighted by atomic mass is 10.5. The van der Waals surface area contributed by atoms with Crippen LogP contribution in [0.15, 0.2) is 12.4 Å². The highest BCUT2D eigenvalue weighted by Gasteiger charge is 2.15. The Hall–Kier alpha value is -0.370. The number of hydrogen-bond acceptors (Lipinski definition) is 6. The highest BCUT2D eigenvalue weighted by Crippen LogP contribution is 2.31. The van der Waals surface area contributed by atoms with Gasteiger partial charge in [-0.05, 0) is 0 Å². The molecular weight excluding hydrogens is 270 g/mol. The van der Waals surface area contributed by atoms with Gasteiger partial charge < -0.3 is 15.2 Å². The van der Waals surface area contributed by atoms with E-state index in [2.05, 4.69) is 10.4 Å². The first kappa shape index (κ1) is 14.0. The van der Waals surface area contributed by atoms with Gasteiger partial charge in [0.1, 0.15) is 0 Å². The van der Waals surface area contributed by atoms with Crippen LogP contribution in [0.4, 0.5) is 5.69 Å². The van der Waals surface area contributed by atoms with Crippen LogP contribution < -0.4 is 5.32 Å². The summed E-state index contributed by atoms with van der Waals surface area (Å²) < 4.78 is 7.72. The first-order valence-electron chi connectivity index (χ1n) is 6.06. The molecule has 1 fully saturated rings. The van der Waals surface area contributed by atoms with Gasteiger partial charge in [-0.15, -0.1) is 23.5 Å². The Morgan fingerprint density at radius 1 is 1.44 bits per heavy atom. The van der Waals surface area contributed by atoms with E-state index in [0.29, 0.717) is 24.3 Å². The van der Waals surface area contributed by atoms with Crippen LogP contribution in [0.2, 0.25) is 0 Å². The number of ether oxygens (including phenoxy) is 1. The van der Waals surface area contributed by atoms with Crippen molar-refractivity contribution in [3.63, 3.8) is 0 Å². The van der Waals surface area contributed by atoms with Crippen LogP contribution in [0, 0.1) is 0 Å². The molecule has 2 N–H and O–H groups in total. The Morgan fingerprint density at radius 2 is 2.28 bits per heavy atom. The lowest BCUT2D eigenvalue weighted by molar-refractivity contribution is 0.0854. The van der Waals surface area contributed by atoms with Crippen molar-refractivity contribution in [3.8, 4) is 0 Å². The molecular formula is C11H19N3O2S2. The average molecular weight is 289 g/mol. The molecule has 0 bridgehead atoms. The maximum atomic E-state index is 8.58. The fraction of sp³-hybridized carbons (Fsp3) is 0.727. The summed E-state index contributed by atoms with van der Waals surface area (Å²) in [6, 6.07) is 0. The zero-order valence-corrected chi connectivity index (χ0v) is 11.9. The molecule has 0 amide bonds. The molecule has 2 rings (SSSR count). The van der Waals surface area contributed by atoms with E-state index in [1.54, 1.807) is 0 Å². The summed E-state index contributed by atoms with van der Waals surface area (Å²) in [4.78, 5) is 0. The number of nitrogens with zero attached hydrogens (tertiary/aromatic N) is 2. The van der Waals surface area contributed by atoms with Gasteiger partial charge in [-0.3, -0.25) is 4.68 Å². The number of hydrogen-bond donors (Lipinski definition) is 2. The summed E-state index contributed by atoms with van der Waals surface area (Å²) in [5, 5.41) is 16.2. The van der Waals surface area contributed by atoms with Gasteiger partial charge in [0.15, 0.2) is 0 Å².